The first-order chi connectivity index (χ1) is 5.77. The lowest BCUT2D eigenvalue weighted by molar-refractivity contribution is 0.396. The van der Waals surface area contributed by atoms with Crippen molar-refractivity contribution in [3.8, 4) is 5.88 Å². The van der Waals surface area contributed by atoms with Crippen LogP contribution in [0.4, 0.5) is 0 Å². The molecule has 0 spiro atoms. The van der Waals surface area contributed by atoms with Crippen molar-refractivity contribution in [3.63, 3.8) is 0 Å². The van der Waals surface area contributed by atoms with Crippen LogP contribution in [0.3, 0.4) is 0 Å². The van der Waals surface area contributed by atoms with E-state index in [0.717, 1.165) is 12.2 Å². The van der Waals surface area contributed by atoms with Gasteiger partial charge in [0.1, 0.15) is 0 Å². The molecule has 3 nitrogen and oxygen atoms in total. The van der Waals surface area contributed by atoms with Crippen LogP contribution in [-0.4, -0.2) is 19.1 Å². The molecule has 0 saturated carbocycles. The van der Waals surface area contributed by atoms with Crippen LogP contribution in [0.25, 0.3) is 0 Å². The predicted octanol–water partition coefficient (Wildman–Crippen LogP) is 1.12. The van der Waals surface area contributed by atoms with Gasteiger partial charge in [-0.05, 0) is 19.5 Å². The number of nitrogens with zero attached hydrogens (tertiary/aromatic N) is 1. The van der Waals surface area contributed by atoms with Gasteiger partial charge in [0.15, 0.2) is 0 Å². The molecule has 0 aliphatic heterocycles. The van der Waals surface area contributed by atoms with Crippen molar-refractivity contribution >= 4 is 0 Å². The first kappa shape index (κ1) is 9.00. The van der Waals surface area contributed by atoms with Crippen LogP contribution in [0.15, 0.2) is 12.1 Å². The zero-order valence-corrected chi connectivity index (χ0v) is 7.72. The third-order valence-corrected chi connectivity index (χ3v) is 1.75. The highest BCUT2D eigenvalue weighted by atomic mass is 16.5. The molecule has 0 saturated heterocycles. The maximum absolute atomic E-state index is 5.00. The van der Waals surface area contributed by atoms with Gasteiger partial charge in [-0.25, -0.2) is 4.98 Å². The van der Waals surface area contributed by atoms with Crippen molar-refractivity contribution < 1.29 is 4.74 Å². The largest absolute Gasteiger partial charge is 0.481 e. The maximum atomic E-state index is 5.00. The Bertz CT molecular complexity index is 261. The Morgan fingerprint density at radius 3 is 2.75 bits per heavy atom. The molecule has 3 heteroatoms. The fourth-order valence-electron chi connectivity index (χ4n) is 1.06. The number of rotatable bonds is 3. The van der Waals surface area contributed by atoms with E-state index in [-0.39, 0.29) is 0 Å². The first-order valence-corrected chi connectivity index (χ1v) is 3.93. The fourth-order valence-corrected chi connectivity index (χ4v) is 1.06. The molecular weight excluding hydrogens is 152 g/mol. The minimum absolute atomic E-state index is 0.673. The van der Waals surface area contributed by atoms with Gasteiger partial charge in [-0.2, -0.15) is 0 Å². The summed E-state index contributed by atoms with van der Waals surface area (Å²) in [4.78, 5) is 4.25. The Morgan fingerprint density at radius 1 is 1.50 bits per heavy atom. The van der Waals surface area contributed by atoms with Crippen molar-refractivity contribution in [1.82, 2.24) is 10.3 Å². The Kier molecular flexibility index (Phi) is 3.05. The molecule has 0 aliphatic rings. The molecule has 66 valence electrons. The van der Waals surface area contributed by atoms with E-state index in [2.05, 4.69) is 10.3 Å². The molecule has 0 amide bonds. The van der Waals surface area contributed by atoms with Crippen LogP contribution >= 0.6 is 0 Å². The summed E-state index contributed by atoms with van der Waals surface area (Å²) in [6.45, 7) is 2.83. The fraction of sp³-hybridized carbons (Fsp3) is 0.444. The Hall–Kier alpha value is -1.09. The van der Waals surface area contributed by atoms with Gasteiger partial charge in [0.25, 0.3) is 0 Å². The van der Waals surface area contributed by atoms with E-state index in [0.29, 0.717) is 5.88 Å². The molecule has 0 bridgehead atoms. The van der Waals surface area contributed by atoms with E-state index in [9.17, 15) is 0 Å². The molecule has 1 aromatic rings. The Balaban J connectivity index is 2.87. The third-order valence-electron chi connectivity index (χ3n) is 1.75. The number of methoxy groups -OCH3 is 1. The van der Waals surface area contributed by atoms with E-state index < -0.39 is 0 Å². The smallest absolute Gasteiger partial charge is 0.213 e. The summed E-state index contributed by atoms with van der Waals surface area (Å²) < 4.78 is 5.00. The summed E-state index contributed by atoms with van der Waals surface area (Å²) in [5, 5.41) is 3.08. The van der Waals surface area contributed by atoms with Crippen molar-refractivity contribution in [3.05, 3.63) is 23.4 Å². The van der Waals surface area contributed by atoms with Gasteiger partial charge < -0.3 is 10.1 Å². The Labute approximate surface area is 72.8 Å². The summed E-state index contributed by atoms with van der Waals surface area (Å²) in [7, 11) is 3.54. The molecule has 0 radical (unpaired) electrons. The average molecular weight is 166 g/mol. The molecule has 1 rings (SSSR count). The van der Waals surface area contributed by atoms with Crippen molar-refractivity contribution in [2.45, 2.75) is 13.5 Å². The summed E-state index contributed by atoms with van der Waals surface area (Å²) >= 11 is 0. The zero-order chi connectivity index (χ0) is 8.97. The minimum atomic E-state index is 0.673. The standard InChI is InChI=1S/C9H14N2O/c1-7-8(6-10-2)4-5-9(11-7)12-3/h4-5,10H,6H2,1-3H3. The number of hydrogen-bond acceptors (Lipinski definition) is 3. The van der Waals surface area contributed by atoms with E-state index >= 15 is 0 Å². The van der Waals surface area contributed by atoms with Crippen molar-refractivity contribution in [2.75, 3.05) is 14.2 Å². The maximum Gasteiger partial charge on any atom is 0.213 e. The SMILES string of the molecule is CNCc1ccc(OC)nc1C. The summed E-state index contributed by atoms with van der Waals surface area (Å²) in [5.74, 6) is 0.673. The van der Waals surface area contributed by atoms with Gasteiger partial charge >= 0.3 is 0 Å². The average Bonchev–Trinajstić information content (AvgIpc) is 2.09. The van der Waals surface area contributed by atoms with Crippen LogP contribution in [0.5, 0.6) is 5.88 Å². The quantitative estimate of drug-likeness (QED) is 0.730. The van der Waals surface area contributed by atoms with Gasteiger partial charge in [0.2, 0.25) is 5.88 Å². The van der Waals surface area contributed by atoms with E-state index in [1.165, 1.54) is 5.56 Å². The normalized spacial score (nSPS) is 9.92. The van der Waals surface area contributed by atoms with E-state index in [1.54, 1.807) is 7.11 Å². The molecule has 0 aliphatic carbocycles. The number of nitrogens with one attached hydrogen (secondary N) is 1. The number of pyridine rings is 1. The minimum Gasteiger partial charge on any atom is -0.481 e. The zero-order valence-electron chi connectivity index (χ0n) is 7.72. The highest BCUT2D eigenvalue weighted by Crippen LogP contribution is 2.11. The monoisotopic (exact) mass is 166 g/mol. The number of aromatic nitrogens is 1. The van der Waals surface area contributed by atoms with E-state index in [1.807, 2.05) is 26.1 Å². The molecule has 0 fully saturated rings. The van der Waals surface area contributed by atoms with Crippen LogP contribution in [0, 0.1) is 6.92 Å². The second-order valence-electron chi connectivity index (χ2n) is 2.63. The lowest BCUT2D eigenvalue weighted by Crippen LogP contribution is -2.07. The second kappa shape index (κ2) is 4.07. The second-order valence-corrected chi connectivity index (χ2v) is 2.63. The lowest BCUT2D eigenvalue weighted by atomic mass is 10.2. The van der Waals surface area contributed by atoms with Gasteiger partial charge in [0, 0.05) is 18.3 Å². The summed E-state index contributed by atoms with van der Waals surface area (Å²) in [6, 6.07) is 3.90. The molecule has 0 atom stereocenters. The van der Waals surface area contributed by atoms with Gasteiger partial charge in [-0.1, -0.05) is 6.07 Å². The topological polar surface area (TPSA) is 34.1 Å². The first-order valence-electron chi connectivity index (χ1n) is 3.93. The molecule has 0 unspecified atom stereocenters. The van der Waals surface area contributed by atoms with Crippen LogP contribution in [-0.2, 0) is 6.54 Å². The van der Waals surface area contributed by atoms with Crippen LogP contribution in [0.1, 0.15) is 11.3 Å². The number of hydrogen-bond donors (Lipinski definition) is 1. The highest BCUT2D eigenvalue weighted by molar-refractivity contribution is 5.24. The molecule has 1 heterocycles. The van der Waals surface area contributed by atoms with Gasteiger partial charge in [-0.3, -0.25) is 0 Å². The molecule has 1 aromatic heterocycles. The number of aryl methyl sites for hydroxylation is 1. The van der Waals surface area contributed by atoms with Crippen molar-refractivity contribution in [1.29, 1.82) is 0 Å². The van der Waals surface area contributed by atoms with Crippen molar-refractivity contribution in [2.24, 2.45) is 0 Å². The predicted molar refractivity (Wildman–Crippen MR) is 48.3 cm³/mol. The highest BCUT2D eigenvalue weighted by Gasteiger charge is 1.99. The Morgan fingerprint density at radius 2 is 2.25 bits per heavy atom. The van der Waals surface area contributed by atoms with Gasteiger partial charge in [-0.15, -0.1) is 0 Å². The van der Waals surface area contributed by atoms with E-state index in [4.69, 9.17) is 4.74 Å². The lowest BCUT2D eigenvalue weighted by Gasteiger charge is -2.05. The van der Waals surface area contributed by atoms with Crippen LogP contribution < -0.4 is 10.1 Å². The third kappa shape index (κ3) is 1.95. The number of ether oxygens (including phenoxy) is 1. The molecule has 0 aromatic carbocycles. The molecule has 12 heavy (non-hydrogen) atoms. The summed E-state index contributed by atoms with van der Waals surface area (Å²) in [5.41, 5.74) is 2.22. The molecule has 1 N–H and O–H groups in total. The van der Waals surface area contributed by atoms with Crippen LogP contribution in [0.2, 0.25) is 0 Å². The summed E-state index contributed by atoms with van der Waals surface area (Å²) in [6.07, 6.45) is 0. The van der Waals surface area contributed by atoms with Gasteiger partial charge in [0.05, 0.1) is 7.11 Å². The molecular formula is C9H14N2O.